The van der Waals surface area contributed by atoms with E-state index < -0.39 is 0 Å². The molecule has 1 aliphatic rings. The van der Waals surface area contributed by atoms with Crippen molar-refractivity contribution in [1.29, 1.82) is 0 Å². The van der Waals surface area contributed by atoms with Crippen LogP contribution in [0.3, 0.4) is 0 Å². The second-order valence-corrected chi connectivity index (χ2v) is 7.21. The first kappa shape index (κ1) is 16.9. The largest absolute Gasteiger partial charge is 0.338 e. The van der Waals surface area contributed by atoms with Crippen LogP contribution in [0, 0.1) is 5.82 Å². The van der Waals surface area contributed by atoms with Crippen molar-refractivity contribution < 1.29 is 9.18 Å². The van der Waals surface area contributed by atoms with Crippen LogP contribution in [-0.4, -0.2) is 38.4 Å². The lowest BCUT2D eigenvalue weighted by Crippen LogP contribution is -2.39. The van der Waals surface area contributed by atoms with E-state index in [2.05, 4.69) is 14.5 Å². The van der Waals surface area contributed by atoms with E-state index in [1.807, 2.05) is 22.0 Å². The SMILES string of the molecule is O=C(c1cccc(F)c1)N1CCC[C@H](c2nccn2Cc2cscn2)C1. The summed E-state index contributed by atoms with van der Waals surface area (Å²) in [6, 6.07) is 5.89. The maximum absolute atomic E-state index is 13.4. The van der Waals surface area contributed by atoms with Crippen molar-refractivity contribution in [2.24, 2.45) is 0 Å². The van der Waals surface area contributed by atoms with Crippen LogP contribution in [0.4, 0.5) is 4.39 Å². The number of thiazole rings is 1. The first-order valence-corrected chi connectivity index (χ1v) is 9.58. The Morgan fingerprint density at radius 1 is 1.35 bits per heavy atom. The molecule has 1 atom stereocenters. The standard InChI is InChI=1S/C19H19FN4OS/c20-16-5-1-3-14(9-16)19(25)24-7-2-4-15(10-24)18-21-6-8-23(18)11-17-12-26-13-22-17/h1,3,5-6,8-9,12-13,15H,2,4,7,10-11H2/t15-/m0/s1. The van der Waals surface area contributed by atoms with Crippen LogP contribution in [0.25, 0.3) is 0 Å². The van der Waals surface area contributed by atoms with Gasteiger partial charge < -0.3 is 9.47 Å². The minimum absolute atomic E-state index is 0.119. The third-order valence-corrected chi connectivity index (χ3v) is 5.34. The number of amides is 1. The number of imidazole rings is 1. The first-order chi connectivity index (χ1) is 12.7. The summed E-state index contributed by atoms with van der Waals surface area (Å²) < 4.78 is 15.5. The highest BCUT2D eigenvalue weighted by Crippen LogP contribution is 2.27. The number of piperidine rings is 1. The van der Waals surface area contributed by atoms with Gasteiger partial charge >= 0.3 is 0 Å². The number of carbonyl (C=O) groups is 1. The van der Waals surface area contributed by atoms with Crippen molar-refractivity contribution >= 4 is 17.2 Å². The van der Waals surface area contributed by atoms with Crippen LogP contribution in [0.2, 0.25) is 0 Å². The number of likely N-dealkylation sites (tertiary alicyclic amines) is 1. The van der Waals surface area contributed by atoms with Crippen LogP contribution in [-0.2, 0) is 6.54 Å². The van der Waals surface area contributed by atoms with Crippen molar-refractivity contribution in [3.05, 3.63) is 70.4 Å². The second kappa shape index (κ2) is 7.37. The van der Waals surface area contributed by atoms with E-state index in [0.717, 1.165) is 24.4 Å². The molecule has 0 N–H and O–H groups in total. The average molecular weight is 370 g/mol. The molecule has 26 heavy (non-hydrogen) atoms. The molecular weight excluding hydrogens is 351 g/mol. The van der Waals surface area contributed by atoms with Gasteiger partial charge in [-0.25, -0.2) is 14.4 Å². The van der Waals surface area contributed by atoms with Gasteiger partial charge in [-0.15, -0.1) is 11.3 Å². The lowest BCUT2D eigenvalue weighted by Gasteiger charge is -2.32. The normalized spacial score (nSPS) is 17.4. The van der Waals surface area contributed by atoms with Gasteiger partial charge in [-0.05, 0) is 31.0 Å². The molecule has 0 radical (unpaired) electrons. The number of rotatable bonds is 4. The van der Waals surface area contributed by atoms with Crippen LogP contribution in [0.1, 0.15) is 40.6 Å². The Balaban J connectivity index is 1.51. The molecule has 3 heterocycles. The molecule has 4 rings (SSSR count). The zero-order valence-corrected chi connectivity index (χ0v) is 15.0. The quantitative estimate of drug-likeness (QED) is 0.706. The van der Waals surface area contributed by atoms with Crippen molar-refractivity contribution in [3.63, 3.8) is 0 Å². The number of aromatic nitrogens is 3. The lowest BCUT2D eigenvalue weighted by molar-refractivity contribution is 0.0703. The van der Waals surface area contributed by atoms with Crippen molar-refractivity contribution in [3.8, 4) is 0 Å². The molecule has 134 valence electrons. The van der Waals surface area contributed by atoms with Crippen molar-refractivity contribution in [2.75, 3.05) is 13.1 Å². The van der Waals surface area contributed by atoms with Crippen LogP contribution in [0.15, 0.2) is 47.5 Å². The summed E-state index contributed by atoms with van der Waals surface area (Å²) in [5, 5.41) is 2.03. The monoisotopic (exact) mass is 370 g/mol. The molecule has 0 saturated carbocycles. The molecule has 1 saturated heterocycles. The van der Waals surface area contributed by atoms with Gasteiger partial charge in [0.15, 0.2) is 0 Å². The molecule has 5 nitrogen and oxygen atoms in total. The third-order valence-electron chi connectivity index (χ3n) is 4.71. The van der Waals surface area contributed by atoms with Crippen molar-refractivity contribution in [2.45, 2.75) is 25.3 Å². The van der Waals surface area contributed by atoms with E-state index >= 15 is 0 Å². The molecule has 0 aliphatic carbocycles. The fourth-order valence-corrected chi connectivity index (χ4v) is 4.03. The zero-order chi connectivity index (χ0) is 17.9. The van der Waals surface area contributed by atoms with Gasteiger partial charge in [-0.3, -0.25) is 4.79 Å². The summed E-state index contributed by atoms with van der Waals surface area (Å²) in [4.78, 5) is 23.4. The molecule has 0 bridgehead atoms. The predicted octanol–water partition coefficient (Wildman–Crippen LogP) is 3.55. The Morgan fingerprint density at radius 3 is 3.08 bits per heavy atom. The van der Waals surface area contributed by atoms with Gasteiger partial charge in [0.2, 0.25) is 0 Å². The van der Waals surface area contributed by atoms with Gasteiger partial charge in [0.25, 0.3) is 5.91 Å². The number of carbonyl (C=O) groups excluding carboxylic acids is 1. The summed E-state index contributed by atoms with van der Waals surface area (Å²) in [6.07, 6.45) is 5.66. The third kappa shape index (κ3) is 3.53. The van der Waals surface area contributed by atoms with Gasteiger partial charge in [-0.1, -0.05) is 6.07 Å². The highest BCUT2D eigenvalue weighted by molar-refractivity contribution is 7.07. The average Bonchev–Trinajstić information content (AvgIpc) is 3.34. The Bertz CT molecular complexity index is 893. The Kier molecular flexibility index (Phi) is 4.79. The van der Waals surface area contributed by atoms with Crippen molar-refractivity contribution in [1.82, 2.24) is 19.4 Å². The zero-order valence-electron chi connectivity index (χ0n) is 14.2. The Hall–Kier alpha value is -2.54. The topological polar surface area (TPSA) is 51.0 Å². The molecule has 3 aromatic rings. The number of hydrogen-bond acceptors (Lipinski definition) is 4. The van der Waals surface area contributed by atoms with E-state index in [-0.39, 0.29) is 17.6 Å². The smallest absolute Gasteiger partial charge is 0.253 e. The molecule has 7 heteroatoms. The van der Waals surface area contributed by atoms with E-state index in [1.165, 1.54) is 12.1 Å². The summed E-state index contributed by atoms with van der Waals surface area (Å²) in [6.45, 7) is 1.98. The maximum Gasteiger partial charge on any atom is 0.253 e. The first-order valence-electron chi connectivity index (χ1n) is 8.63. The van der Waals surface area contributed by atoms with E-state index in [9.17, 15) is 9.18 Å². The van der Waals surface area contributed by atoms with Gasteiger partial charge in [0, 0.05) is 42.3 Å². The summed E-state index contributed by atoms with van der Waals surface area (Å²) >= 11 is 1.58. The van der Waals surface area contributed by atoms with Gasteiger partial charge in [0.1, 0.15) is 11.6 Å². The maximum atomic E-state index is 13.4. The van der Waals surface area contributed by atoms with Crippen LogP contribution in [0.5, 0.6) is 0 Å². The van der Waals surface area contributed by atoms with E-state index in [0.29, 0.717) is 25.2 Å². The highest BCUT2D eigenvalue weighted by atomic mass is 32.1. The minimum atomic E-state index is -0.386. The van der Waals surface area contributed by atoms with Gasteiger partial charge in [0.05, 0.1) is 17.7 Å². The Morgan fingerprint density at radius 2 is 2.27 bits per heavy atom. The summed E-state index contributed by atoms with van der Waals surface area (Å²) in [5.41, 5.74) is 3.24. The highest BCUT2D eigenvalue weighted by Gasteiger charge is 2.28. The van der Waals surface area contributed by atoms with Crippen LogP contribution < -0.4 is 0 Å². The number of hydrogen-bond donors (Lipinski definition) is 0. The Labute approximate surface area is 155 Å². The molecule has 1 amide bonds. The molecular formula is C19H19FN4OS. The number of benzene rings is 1. The molecule has 2 aromatic heterocycles. The second-order valence-electron chi connectivity index (χ2n) is 6.49. The van der Waals surface area contributed by atoms with Gasteiger partial charge in [-0.2, -0.15) is 0 Å². The minimum Gasteiger partial charge on any atom is -0.338 e. The summed E-state index contributed by atoms with van der Waals surface area (Å²) in [5.74, 6) is 0.652. The number of nitrogens with zero attached hydrogens (tertiary/aromatic N) is 4. The summed E-state index contributed by atoms with van der Waals surface area (Å²) in [7, 11) is 0. The molecule has 1 fully saturated rings. The predicted molar refractivity (Wildman–Crippen MR) is 97.7 cm³/mol. The van der Waals surface area contributed by atoms with Crippen LogP contribution >= 0.6 is 11.3 Å². The fourth-order valence-electron chi connectivity index (χ4n) is 3.48. The molecule has 1 aromatic carbocycles. The van der Waals surface area contributed by atoms with E-state index in [4.69, 9.17) is 0 Å². The molecule has 1 aliphatic heterocycles. The van der Waals surface area contributed by atoms with E-state index in [1.54, 1.807) is 29.7 Å². The molecule has 0 unspecified atom stereocenters. The lowest BCUT2D eigenvalue weighted by atomic mass is 9.96. The molecule has 0 spiro atoms. The fraction of sp³-hybridized carbons (Fsp3) is 0.316. The number of halogens is 1.